The lowest BCUT2D eigenvalue weighted by Crippen LogP contribution is -2.29. The highest BCUT2D eigenvalue weighted by atomic mass is 16.2. The van der Waals surface area contributed by atoms with E-state index in [1.807, 2.05) is 11.0 Å². The summed E-state index contributed by atoms with van der Waals surface area (Å²) in [6, 6.07) is 4.04. The fraction of sp³-hybridized carbons (Fsp3) is 0.545. The summed E-state index contributed by atoms with van der Waals surface area (Å²) in [5, 5.41) is 3.44. The molecule has 1 N–H and O–H groups in total. The van der Waals surface area contributed by atoms with Gasteiger partial charge < -0.3 is 15.1 Å². The van der Waals surface area contributed by atoms with Crippen molar-refractivity contribution in [1.29, 1.82) is 0 Å². The molecule has 2 aromatic rings. The zero-order chi connectivity index (χ0) is 20.2. The molecule has 154 valence electrons. The third-order valence-corrected chi connectivity index (χ3v) is 5.65. The summed E-state index contributed by atoms with van der Waals surface area (Å²) < 4.78 is 0. The van der Waals surface area contributed by atoms with Crippen molar-refractivity contribution in [1.82, 2.24) is 19.9 Å². The second kappa shape index (κ2) is 8.76. The third-order valence-electron chi connectivity index (χ3n) is 5.65. The normalized spacial score (nSPS) is 16.7. The van der Waals surface area contributed by atoms with E-state index in [1.165, 1.54) is 5.56 Å². The molecule has 1 saturated heterocycles. The summed E-state index contributed by atoms with van der Waals surface area (Å²) >= 11 is 0. The monoisotopic (exact) mass is 394 g/mol. The van der Waals surface area contributed by atoms with Gasteiger partial charge in [-0.15, -0.1) is 0 Å². The number of hydrogen-bond acceptors (Lipinski definition) is 6. The number of carbonyl (C=O) groups excluding carboxylic acids is 1. The smallest absolute Gasteiger partial charge is 0.257 e. The Bertz CT molecular complexity index is 848. The largest absolute Gasteiger partial charge is 0.369 e. The van der Waals surface area contributed by atoms with Crippen LogP contribution in [-0.4, -0.2) is 58.5 Å². The first-order valence-electron chi connectivity index (χ1n) is 10.7. The van der Waals surface area contributed by atoms with Gasteiger partial charge >= 0.3 is 0 Å². The van der Waals surface area contributed by atoms with Gasteiger partial charge in [0.2, 0.25) is 0 Å². The average molecular weight is 395 g/mol. The van der Waals surface area contributed by atoms with Crippen LogP contribution in [0.3, 0.4) is 0 Å². The zero-order valence-corrected chi connectivity index (χ0v) is 17.4. The van der Waals surface area contributed by atoms with Crippen LogP contribution in [0.1, 0.15) is 48.3 Å². The minimum atomic E-state index is 0.112. The van der Waals surface area contributed by atoms with E-state index in [2.05, 4.69) is 40.1 Å². The summed E-state index contributed by atoms with van der Waals surface area (Å²) in [6.07, 6.45) is 7.25. The SMILES string of the molecule is CC(C)CNc1nc2c(cc1C(=O)N1CCCC1)CCN(c1ccncn1)CC2. The van der Waals surface area contributed by atoms with E-state index < -0.39 is 0 Å². The van der Waals surface area contributed by atoms with Crippen LogP contribution in [0, 0.1) is 5.92 Å². The van der Waals surface area contributed by atoms with Gasteiger partial charge in [-0.3, -0.25) is 4.79 Å². The van der Waals surface area contributed by atoms with Gasteiger partial charge in [0.05, 0.1) is 5.56 Å². The molecular weight excluding hydrogens is 364 g/mol. The van der Waals surface area contributed by atoms with Crippen molar-refractivity contribution in [2.45, 2.75) is 39.5 Å². The first-order valence-corrected chi connectivity index (χ1v) is 10.7. The molecule has 2 aliphatic rings. The second-order valence-corrected chi connectivity index (χ2v) is 8.32. The van der Waals surface area contributed by atoms with Crippen molar-refractivity contribution >= 4 is 17.5 Å². The number of carbonyl (C=O) groups is 1. The molecule has 0 saturated carbocycles. The molecule has 0 aromatic carbocycles. The van der Waals surface area contributed by atoms with E-state index in [1.54, 1.807) is 12.5 Å². The zero-order valence-electron chi connectivity index (χ0n) is 17.4. The minimum Gasteiger partial charge on any atom is -0.369 e. The molecule has 0 unspecified atom stereocenters. The quantitative estimate of drug-likeness (QED) is 0.841. The predicted molar refractivity (Wildman–Crippen MR) is 114 cm³/mol. The lowest BCUT2D eigenvalue weighted by molar-refractivity contribution is 0.0793. The lowest BCUT2D eigenvalue weighted by atomic mass is 10.0. The number of hydrogen-bond donors (Lipinski definition) is 1. The molecule has 2 aliphatic heterocycles. The molecule has 29 heavy (non-hydrogen) atoms. The fourth-order valence-electron chi connectivity index (χ4n) is 4.02. The van der Waals surface area contributed by atoms with Gasteiger partial charge in [-0.05, 0) is 42.9 Å². The van der Waals surface area contributed by atoms with Crippen LogP contribution in [0.25, 0.3) is 0 Å². The fourth-order valence-corrected chi connectivity index (χ4v) is 4.02. The summed E-state index contributed by atoms with van der Waals surface area (Å²) in [4.78, 5) is 30.8. The molecule has 1 fully saturated rings. The van der Waals surface area contributed by atoms with Crippen molar-refractivity contribution in [3.05, 3.63) is 41.5 Å². The second-order valence-electron chi connectivity index (χ2n) is 8.32. The van der Waals surface area contributed by atoms with Crippen LogP contribution in [0.2, 0.25) is 0 Å². The summed E-state index contributed by atoms with van der Waals surface area (Å²) in [7, 11) is 0. The Balaban J connectivity index is 1.61. The van der Waals surface area contributed by atoms with Gasteiger partial charge in [0.1, 0.15) is 18.0 Å². The maximum Gasteiger partial charge on any atom is 0.257 e. The minimum absolute atomic E-state index is 0.112. The van der Waals surface area contributed by atoms with Crippen molar-refractivity contribution in [3.63, 3.8) is 0 Å². The summed E-state index contributed by atoms with van der Waals surface area (Å²) in [5.74, 6) is 2.28. The summed E-state index contributed by atoms with van der Waals surface area (Å²) in [6.45, 7) is 8.55. The van der Waals surface area contributed by atoms with E-state index in [0.717, 1.165) is 81.3 Å². The maximum atomic E-state index is 13.2. The van der Waals surface area contributed by atoms with Gasteiger partial charge in [-0.2, -0.15) is 0 Å². The molecule has 7 heteroatoms. The Kier molecular flexibility index (Phi) is 5.92. The Hall–Kier alpha value is -2.70. The van der Waals surface area contributed by atoms with E-state index >= 15 is 0 Å². The Morgan fingerprint density at radius 1 is 1.17 bits per heavy atom. The molecule has 0 spiro atoms. The van der Waals surface area contributed by atoms with Crippen molar-refractivity contribution in [2.24, 2.45) is 5.92 Å². The number of rotatable bonds is 5. The average Bonchev–Trinajstić information content (AvgIpc) is 3.19. The van der Waals surface area contributed by atoms with Crippen LogP contribution in [0.15, 0.2) is 24.7 Å². The van der Waals surface area contributed by atoms with E-state index in [4.69, 9.17) is 4.98 Å². The van der Waals surface area contributed by atoms with E-state index in [0.29, 0.717) is 5.92 Å². The standard InChI is InChI=1S/C22H30N6O/c1-16(2)14-24-21-18(22(29)28-9-3-4-10-28)13-17-6-11-27(12-7-19(17)26-21)20-5-8-23-15-25-20/h5,8,13,15-16H,3-4,6-7,9-12,14H2,1-2H3,(H,24,26). The number of nitrogens with zero attached hydrogens (tertiary/aromatic N) is 5. The van der Waals surface area contributed by atoms with Crippen molar-refractivity contribution in [3.8, 4) is 0 Å². The number of amides is 1. The maximum absolute atomic E-state index is 13.2. The molecule has 0 atom stereocenters. The third kappa shape index (κ3) is 4.49. The molecule has 0 bridgehead atoms. The molecule has 4 heterocycles. The molecule has 2 aromatic heterocycles. The highest BCUT2D eigenvalue weighted by Gasteiger charge is 2.26. The highest BCUT2D eigenvalue weighted by Crippen LogP contribution is 2.25. The molecule has 1 amide bonds. The first-order chi connectivity index (χ1) is 14.1. The molecule has 0 aliphatic carbocycles. The topological polar surface area (TPSA) is 74.2 Å². The van der Waals surface area contributed by atoms with Crippen molar-refractivity contribution in [2.75, 3.05) is 42.9 Å². The van der Waals surface area contributed by atoms with Gasteiger partial charge in [0.25, 0.3) is 5.91 Å². The van der Waals surface area contributed by atoms with Crippen LogP contribution in [-0.2, 0) is 12.8 Å². The van der Waals surface area contributed by atoms with Gasteiger partial charge in [-0.25, -0.2) is 15.0 Å². The van der Waals surface area contributed by atoms with Crippen LogP contribution in [0.4, 0.5) is 11.6 Å². The van der Waals surface area contributed by atoms with Crippen LogP contribution >= 0.6 is 0 Å². The highest BCUT2D eigenvalue weighted by molar-refractivity contribution is 5.99. The molecule has 7 nitrogen and oxygen atoms in total. The lowest BCUT2D eigenvalue weighted by Gasteiger charge is -2.20. The van der Waals surface area contributed by atoms with Gasteiger partial charge in [0.15, 0.2) is 0 Å². The first kappa shape index (κ1) is 19.6. The molecule has 0 radical (unpaired) electrons. The number of nitrogens with one attached hydrogen (secondary N) is 1. The number of aromatic nitrogens is 3. The number of anilines is 2. The Morgan fingerprint density at radius 2 is 1.97 bits per heavy atom. The summed E-state index contributed by atoms with van der Waals surface area (Å²) in [5.41, 5.74) is 2.99. The number of fused-ring (bicyclic) bond motifs is 1. The van der Waals surface area contributed by atoms with Gasteiger partial charge in [0, 0.05) is 51.0 Å². The van der Waals surface area contributed by atoms with Crippen LogP contribution < -0.4 is 10.2 Å². The van der Waals surface area contributed by atoms with E-state index in [-0.39, 0.29) is 5.91 Å². The van der Waals surface area contributed by atoms with Crippen molar-refractivity contribution < 1.29 is 4.79 Å². The predicted octanol–water partition coefficient (Wildman–Crippen LogP) is 2.78. The number of likely N-dealkylation sites (tertiary alicyclic amines) is 1. The van der Waals surface area contributed by atoms with Gasteiger partial charge in [-0.1, -0.05) is 13.8 Å². The Morgan fingerprint density at radius 3 is 2.69 bits per heavy atom. The molecule has 4 rings (SSSR count). The van der Waals surface area contributed by atoms with E-state index in [9.17, 15) is 4.79 Å². The number of pyridine rings is 1. The molecular formula is C22H30N6O. The van der Waals surface area contributed by atoms with Crippen LogP contribution in [0.5, 0.6) is 0 Å². The Labute approximate surface area is 172 Å².